The fourth-order valence-corrected chi connectivity index (χ4v) is 1.19. The molecule has 0 aliphatic heterocycles. The highest BCUT2D eigenvalue weighted by molar-refractivity contribution is 5.94. The molecule has 5 nitrogen and oxygen atoms in total. The molecule has 1 aromatic rings. The van der Waals surface area contributed by atoms with Gasteiger partial charge in [-0.2, -0.15) is 5.26 Å². The van der Waals surface area contributed by atoms with Crippen molar-refractivity contribution in [3.8, 4) is 11.8 Å². The van der Waals surface area contributed by atoms with Gasteiger partial charge in [-0.05, 0) is 18.2 Å². The third-order valence-corrected chi connectivity index (χ3v) is 2.13. The van der Waals surface area contributed by atoms with Crippen LogP contribution in [0.15, 0.2) is 18.2 Å². The molecule has 0 aromatic heterocycles. The average molecular weight is 220 g/mol. The van der Waals surface area contributed by atoms with Gasteiger partial charge >= 0.3 is 0 Å². The van der Waals surface area contributed by atoms with Crippen LogP contribution < -0.4 is 4.74 Å². The molecule has 0 saturated carbocycles. The zero-order valence-electron chi connectivity index (χ0n) is 9.35. The number of carbonyl (C=O) groups is 1. The van der Waals surface area contributed by atoms with Crippen LogP contribution >= 0.6 is 0 Å². The van der Waals surface area contributed by atoms with E-state index in [4.69, 9.17) is 14.8 Å². The lowest BCUT2D eigenvalue weighted by Crippen LogP contribution is -2.25. The van der Waals surface area contributed by atoms with Gasteiger partial charge in [-0.3, -0.25) is 9.63 Å². The van der Waals surface area contributed by atoms with Gasteiger partial charge < -0.3 is 4.74 Å². The smallest absolute Gasteiger partial charge is 0.277 e. The number of methoxy groups -OCH3 is 1. The Morgan fingerprint density at radius 1 is 1.44 bits per heavy atom. The Bertz CT molecular complexity index is 437. The van der Waals surface area contributed by atoms with Crippen molar-refractivity contribution in [2.24, 2.45) is 0 Å². The van der Waals surface area contributed by atoms with Crippen LogP contribution in [-0.4, -0.2) is 32.2 Å². The van der Waals surface area contributed by atoms with Gasteiger partial charge in [0.25, 0.3) is 5.91 Å². The highest BCUT2D eigenvalue weighted by Gasteiger charge is 2.13. The van der Waals surface area contributed by atoms with Gasteiger partial charge in [-0.1, -0.05) is 0 Å². The van der Waals surface area contributed by atoms with Crippen molar-refractivity contribution in [1.82, 2.24) is 5.06 Å². The minimum Gasteiger partial charge on any atom is -0.495 e. The van der Waals surface area contributed by atoms with Crippen LogP contribution in [0.1, 0.15) is 15.9 Å². The molecule has 0 unspecified atom stereocenters. The van der Waals surface area contributed by atoms with Crippen molar-refractivity contribution in [2.45, 2.75) is 0 Å². The van der Waals surface area contributed by atoms with Crippen molar-refractivity contribution in [1.29, 1.82) is 5.26 Å². The summed E-state index contributed by atoms with van der Waals surface area (Å²) in [4.78, 5) is 16.5. The van der Waals surface area contributed by atoms with E-state index in [0.29, 0.717) is 16.9 Å². The maximum atomic E-state index is 11.7. The van der Waals surface area contributed by atoms with Gasteiger partial charge in [-0.25, -0.2) is 5.06 Å². The Labute approximate surface area is 93.8 Å². The second kappa shape index (κ2) is 5.14. The van der Waals surface area contributed by atoms with Gasteiger partial charge in [0, 0.05) is 12.6 Å². The van der Waals surface area contributed by atoms with Crippen molar-refractivity contribution in [3.63, 3.8) is 0 Å². The number of nitrogens with zero attached hydrogens (tertiary/aromatic N) is 2. The molecule has 0 bridgehead atoms. The third kappa shape index (κ3) is 2.30. The van der Waals surface area contributed by atoms with Crippen LogP contribution in [0.3, 0.4) is 0 Å². The van der Waals surface area contributed by atoms with Gasteiger partial charge in [0.2, 0.25) is 0 Å². The number of benzene rings is 1. The third-order valence-electron chi connectivity index (χ3n) is 2.13. The van der Waals surface area contributed by atoms with E-state index >= 15 is 0 Å². The SMILES string of the molecule is COc1ccc(C(=O)N(C)OC)cc1C#N. The minimum absolute atomic E-state index is 0.317. The number of carbonyl (C=O) groups excluding carboxylic acids is 1. The fraction of sp³-hybridized carbons (Fsp3) is 0.273. The van der Waals surface area contributed by atoms with Crippen LogP contribution in [0.4, 0.5) is 0 Å². The molecule has 0 spiro atoms. The first-order valence-corrected chi connectivity index (χ1v) is 4.54. The number of hydroxylamine groups is 2. The molecule has 1 rings (SSSR count). The standard InChI is InChI=1S/C11H12N2O3/c1-13(16-3)11(14)8-4-5-10(15-2)9(6-8)7-12/h4-6H,1-3H3. The lowest BCUT2D eigenvalue weighted by molar-refractivity contribution is -0.0757. The van der Waals surface area contributed by atoms with E-state index in [1.807, 2.05) is 6.07 Å². The summed E-state index contributed by atoms with van der Waals surface area (Å²) in [5, 5.41) is 9.95. The molecule has 0 saturated heterocycles. The Hall–Kier alpha value is -2.06. The van der Waals surface area contributed by atoms with Crippen LogP contribution in [0.5, 0.6) is 5.75 Å². The average Bonchev–Trinajstić information content (AvgIpc) is 2.35. The Morgan fingerprint density at radius 3 is 2.62 bits per heavy atom. The summed E-state index contributed by atoms with van der Waals surface area (Å²) in [5.41, 5.74) is 0.694. The van der Waals surface area contributed by atoms with Crippen LogP contribution in [0, 0.1) is 11.3 Å². The first kappa shape index (κ1) is 12.0. The normalized spacial score (nSPS) is 9.38. The monoisotopic (exact) mass is 220 g/mol. The van der Waals surface area contributed by atoms with Crippen LogP contribution in [0.25, 0.3) is 0 Å². The largest absolute Gasteiger partial charge is 0.495 e. The van der Waals surface area contributed by atoms with Crippen molar-refractivity contribution >= 4 is 5.91 Å². The molecule has 0 fully saturated rings. The van der Waals surface area contributed by atoms with Gasteiger partial charge in [0.1, 0.15) is 11.8 Å². The van der Waals surface area contributed by atoms with Crippen molar-refractivity contribution in [3.05, 3.63) is 29.3 Å². The summed E-state index contributed by atoms with van der Waals surface area (Å²) >= 11 is 0. The molecule has 5 heteroatoms. The quantitative estimate of drug-likeness (QED) is 0.718. The number of hydrogen-bond donors (Lipinski definition) is 0. The topological polar surface area (TPSA) is 62.6 Å². The second-order valence-electron chi connectivity index (χ2n) is 3.01. The van der Waals surface area contributed by atoms with Crippen LogP contribution in [-0.2, 0) is 4.84 Å². The summed E-state index contributed by atoms with van der Waals surface area (Å²) in [6.45, 7) is 0. The second-order valence-corrected chi connectivity index (χ2v) is 3.01. The molecule has 0 N–H and O–H groups in total. The highest BCUT2D eigenvalue weighted by Crippen LogP contribution is 2.19. The zero-order valence-corrected chi connectivity index (χ0v) is 9.35. The molecule has 0 heterocycles. The fourth-order valence-electron chi connectivity index (χ4n) is 1.19. The van der Waals surface area contributed by atoms with E-state index in [0.717, 1.165) is 5.06 Å². The number of amides is 1. The first-order chi connectivity index (χ1) is 7.63. The number of rotatable bonds is 3. The molecule has 1 aromatic carbocycles. The molecule has 1 amide bonds. The van der Waals surface area contributed by atoms with Crippen molar-refractivity contribution in [2.75, 3.05) is 21.3 Å². The number of nitriles is 1. The molecule has 0 atom stereocenters. The predicted molar refractivity (Wildman–Crippen MR) is 56.8 cm³/mol. The molecule has 0 radical (unpaired) electrons. The predicted octanol–water partition coefficient (Wildman–Crippen LogP) is 1.20. The lowest BCUT2D eigenvalue weighted by Gasteiger charge is -2.14. The Kier molecular flexibility index (Phi) is 3.86. The Morgan fingerprint density at radius 2 is 2.12 bits per heavy atom. The highest BCUT2D eigenvalue weighted by atomic mass is 16.7. The van der Waals surface area contributed by atoms with E-state index in [1.54, 1.807) is 12.1 Å². The molecule has 84 valence electrons. The molecule has 0 aliphatic rings. The number of ether oxygens (including phenoxy) is 1. The minimum atomic E-state index is -0.318. The molecular formula is C11H12N2O3. The van der Waals surface area contributed by atoms with E-state index < -0.39 is 0 Å². The van der Waals surface area contributed by atoms with E-state index in [-0.39, 0.29) is 5.91 Å². The number of hydrogen-bond acceptors (Lipinski definition) is 4. The summed E-state index contributed by atoms with van der Waals surface area (Å²) < 4.78 is 4.98. The van der Waals surface area contributed by atoms with Crippen LogP contribution in [0.2, 0.25) is 0 Å². The van der Waals surface area contributed by atoms with E-state index in [1.165, 1.54) is 27.3 Å². The first-order valence-electron chi connectivity index (χ1n) is 4.54. The van der Waals surface area contributed by atoms with Crippen molar-refractivity contribution < 1.29 is 14.4 Å². The summed E-state index contributed by atoms with van der Waals surface area (Å²) in [6.07, 6.45) is 0. The molecule has 16 heavy (non-hydrogen) atoms. The maximum absolute atomic E-state index is 11.7. The van der Waals surface area contributed by atoms with E-state index in [2.05, 4.69) is 0 Å². The molecular weight excluding hydrogens is 208 g/mol. The van der Waals surface area contributed by atoms with E-state index in [9.17, 15) is 4.79 Å². The maximum Gasteiger partial charge on any atom is 0.277 e. The Balaban J connectivity index is 3.09. The lowest BCUT2D eigenvalue weighted by atomic mass is 10.1. The van der Waals surface area contributed by atoms with Gasteiger partial charge in [-0.15, -0.1) is 0 Å². The summed E-state index contributed by atoms with van der Waals surface area (Å²) in [7, 11) is 4.37. The summed E-state index contributed by atoms with van der Waals surface area (Å²) in [5.74, 6) is 0.126. The zero-order chi connectivity index (χ0) is 12.1. The summed E-state index contributed by atoms with van der Waals surface area (Å²) in [6, 6.07) is 6.59. The molecule has 0 aliphatic carbocycles. The van der Waals surface area contributed by atoms with Gasteiger partial charge in [0.15, 0.2) is 0 Å². The van der Waals surface area contributed by atoms with Gasteiger partial charge in [0.05, 0.1) is 19.8 Å².